The second kappa shape index (κ2) is 9.68. The molecule has 2 aromatic carbocycles. The predicted molar refractivity (Wildman–Crippen MR) is 126 cm³/mol. The van der Waals surface area contributed by atoms with Crippen LogP contribution in [-0.2, 0) is 23.5 Å². The van der Waals surface area contributed by atoms with Gasteiger partial charge in [0.2, 0.25) is 0 Å². The zero-order valence-electron chi connectivity index (χ0n) is 17.5. The van der Waals surface area contributed by atoms with Crippen molar-refractivity contribution in [2.45, 2.75) is 23.6 Å². The van der Waals surface area contributed by atoms with Crippen molar-refractivity contribution in [2.75, 3.05) is 26.0 Å². The van der Waals surface area contributed by atoms with Gasteiger partial charge in [-0.2, -0.15) is 0 Å². The van der Waals surface area contributed by atoms with E-state index < -0.39 is 5.97 Å². The molecule has 0 atom stereocenters. The number of rotatable bonds is 6. The molecule has 4 rings (SSSR count). The van der Waals surface area contributed by atoms with Crippen LogP contribution in [0.15, 0.2) is 59.5 Å². The molecule has 1 aliphatic heterocycles. The lowest BCUT2D eigenvalue weighted by atomic mass is 10.0. The van der Waals surface area contributed by atoms with E-state index in [1.165, 1.54) is 23.3 Å². The van der Waals surface area contributed by atoms with Crippen molar-refractivity contribution in [2.24, 2.45) is 0 Å². The van der Waals surface area contributed by atoms with E-state index in [9.17, 15) is 9.59 Å². The van der Waals surface area contributed by atoms with Crippen molar-refractivity contribution in [1.82, 2.24) is 4.90 Å². The first-order chi connectivity index (χ1) is 15.0. The number of likely N-dealkylation sites (N-methyl/N-ethyl adjacent to an activating group) is 1. The Bertz CT molecular complexity index is 1080. The van der Waals surface area contributed by atoms with Gasteiger partial charge >= 0.3 is 5.97 Å². The third-order valence-electron chi connectivity index (χ3n) is 5.23. The number of carbonyl (C=O) groups excluding carboxylic acids is 2. The second-order valence-corrected chi connectivity index (χ2v) is 9.59. The SMILES string of the molecule is COC(=O)c1c(NC(=O)c2ccc(CSc3ccccc3)cc2)sc2c1CCN(C)C2. The van der Waals surface area contributed by atoms with Gasteiger partial charge in [-0.3, -0.25) is 4.79 Å². The number of carbonyl (C=O) groups is 2. The van der Waals surface area contributed by atoms with Crippen molar-refractivity contribution in [3.63, 3.8) is 0 Å². The van der Waals surface area contributed by atoms with Crippen molar-refractivity contribution >= 4 is 40.0 Å². The van der Waals surface area contributed by atoms with Gasteiger partial charge in [-0.25, -0.2) is 4.79 Å². The van der Waals surface area contributed by atoms with E-state index in [0.717, 1.165) is 41.3 Å². The third-order valence-corrected chi connectivity index (χ3v) is 7.44. The number of anilines is 1. The Morgan fingerprint density at radius 3 is 2.58 bits per heavy atom. The zero-order chi connectivity index (χ0) is 21.8. The molecular formula is C24H24N2O3S2. The van der Waals surface area contributed by atoms with E-state index in [0.29, 0.717) is 16.1 Å². The first-order valence-electron chi connectivity index (χ1n) is 10.0. The molecule has 3 aromatic rings. The van der Waals surface area contributed by atoms with Gasteiger partial charge < -0.3 is 15.0 Å². The Hall–Kier alpha value is -2.61. The summed E-state index contributed by atoms with van der Waals surface area (Å²) in [5.74, 6) is 0.217. The summed E-state index contributed by atoms with van der Waals surface area (Å²) in [6.07, 6.45) is 0.774. The molecule has 0 radical (unpaired) electrons. The Kier molecular flexibility index (Phi) is 6.75. The molecule has 1 aromatic heterocycles. The molecule has 0 bridgehead atoms. The monoisotopic (exact) mass is 452 g/mol. The molecule has 0 unspecified atom stereocenters. The number of thiophene rings is 1. The fraction of sp³-hybridized carbons (Fsp3) is 0.250. The molecular weight excluding hydrogens is 428 g/mol. The number of nitrogens with one attached hydrogen (secondary N) is 1. The van der Waals surface area contributed by atoms with E-state index in [2.05, 4.69) is 29.4 Å². The van der Waals surface area contributed by atoms with Gasteiger partial charge in [-0.1, -0.05) is 30.3 Å². The number of amides is 1. The largest absolute Gasteiger partial charge is 0.465 e. The Labute approximate surface area is 190 Å². The standard InChI is InChI=1S/C24H24N2O3S2/c1-26-13-12-19-20(14-26)31-23(21(19)24(28)29-2)25-22(27)17-10-8-16(9-11-17)15-30-18-6-4-3-5-7-18/h3-11H,12-15H2,1-2H3,(H,25,27). The maximum atomic E-state index is 12.9. The maximum Gasteiger partial charge on any atom is 0.341 e. The van der Waals surface area contributed by atoms with Crippen LogP contribution in [0, 0.1) is 0 Å². The lowest BCUT2D eigenvalue weighted by Crippen LogP contribution is -2.26. The lowest BCUT2D eigenvalue weighted by Gasteiger charge is -2.22. The van der Waals surface area contributed by atoms with Gasteiger partial charge in [-0.05, 0) is 48.9 Å². The van der Waals surface area contributed by atoms with Gasteiger partial charge in [0.05, 0.1) is 12.7 Å². The molecule has 5 nitrogen and oxygen atoms in total. The maximum absolute atomic E-state index is 12.9. The number of esters is 1. The summed E-state index contributed by atoms with van der Waals surface area (Å²) in [6.45, 7) is 1.65. The number of hydrogen-bond acceptors (Lipinski definition) is 6. The molecule has 1 aliphatic rings. The van der Waals surface area contributed by atoms with Crippen LogP contribution >= 0.6 is 23.1 Å². The average molecular weight is 453 g/mol. The number of ether oxygens (including phenoxy) is 1. The molecule has 1 N–H and O–H groups in total. The quantitative estimate of drug-likeness (QED) is 0.418. The third kappa shape index (κ3) is 5.01. The highest BCUT2D eigenvalue weighted by molar-refractivity contribution is 7.98. The van der Waals surface area contributed by atoms with E-state index in [1.807, 2.05) is 42.5 Å². The molecule has 7 heteroatoms. The van der Waals surface area contributed by atoms with Crippen LogP contribution in [0.5, 0.6) is 0 Å². The van der Waals surface area contributed by atoms with E-state index in [4.69, 9.17) is 4.74 Å². The van der Waals surface area contributed by atoms with Crippen molar-refractivity contribution in [3.8, 4) is 0 Å². The van der Waals surface area contributed by atoms with Crippen LogP contribution in [0.3, 0.4) is 0 Å². The van der Waals surface area contributed by atoms with Crippen LogP contribution in [0.1, 0.15) is 36.7 Å². The van der Waals surface area contributed by atoms with E-state index >= 15 is 0 Å². The van der Waals surface area contributed by atoms with Crippen molar-refractivity contribution < 1.29 is 14.3 Å². The smallest absolute Gasteiger partial charge is 0.341 e. The molecule has 160 valence electrons. The number of nitrogens with zero attached hydrogens (tertiary/aromatic N) is 1. The minimum absolute atomic E-state index is 0.223. The summed E-state index contributed by atoms with van der Waals surface area (Å²) in [6, 6.07) is 17.8. The van der Waals surface area contributed by atoms with Gasteiger partial charge in [-0.15, -0.1) is 23.1 Å². The number of thioether (sulfide) groups is 1. The van der Waals surface area contributed by atoms with Crippen LogP contribution < -0.4 is 5.32 Å². The van der Waals surface area contributed by atoms with Crippen LogP contribution in [0.2, 0.25) is 0 Å². The number of methoxy groups -OCH3 is 1. The van der Waals surface area contributed by atoms with Crippen LogP contribution in [0.25, 0.3) is 0 Å². The zero-order valence-corrected chi connectivity index (χ0v) is 19.1. The van der Waals surface area contributed by atoms with E-state index in [-0.39, 0.29) is 5.91 Å². The van der Waals surface area contributed by atoms with Gasteiger partial charge in [0, 0.05) is 34.2 Å². The highest BCUT2D eigenvalue weighted by Crippen LogP contribution is 2.37. The molecule has 0 saturated carbocycles. The molecule has 31 heavy (non-hydrogen) atoms. The molecule has 1 amide bonds. The fourth-order valence-electron chi connectivity index (χ4n) is 3.55. The van der Waals surface area contributed by atoms with Gasteiger partial charge in [0.15, 0.2) is 0 Å². The average Bonchev–Trinajstić information content (AvgIpc) is 3.14. The Balaban J connectivity index is 1.47. The summed E-state index contributed by atoms with van der Waals surface area (Å²) in [5, 5.41) is 3.52. The minimum atomic E-state index is -0.398. The summed E-state index contributed by atoms with van der Waals surface area (Å²) in [4.78, 5) is 29.8. The first kappa shape index (κ1) is 21.6. The van der Waals surface area contributed by atoms with Crippen molar-refractivity contribution in [1.29, 1.82) is 0 Å². The summed E-state index contributed by atoms with van der Waals surface area (Å²) >= 11 is 3.22. The Morgan fingerprint density at radius 2 is 1.87 bits per heavy atom. The second-order valence-electron chi connectivity index (χ2n) is 7.44. The molecule has 0 fully saturated rings. The number of fused-ring (bicyclic) bond motifs is 1. The lowest BCUT2D eigenvalue weighted by molar-refractivity contribution is 0.0600. The van der Waals surface area contributed by atoms with Crippen LogP contribution in [-0.4, -0.2) is 37.5 Å². The molecule has 0 aliphatic carbocycles. The number of hydrogen-bond donors (Lipinski definition) is 1. The topological polar surface area (TPSA) is 58.6 Å². The minimum Gasteiger partial charge on any atom is -0.465 e. The molecule has 0 spiro atoms. The Morgan fingerprint density at radius 1 is 1.13 bits per heavy atom. The summed E-state index contributed by atoms with van der Waals surface area (Å²) in [7, 11) is 3.43. The van der Waals surface area contributed by atoms with Crippen molar-refractivity contribution in [3.05, 3.63) is 81.7 Å². The summed E-state index contributed by atoms with van der Waals surface area (Å²) in [5.41, 5.74) is 3.21. The van der Waals surface area contributed by atoms with Crippen LogP contribution in [0.4, 0.5) is 5.00 Å². The first-order valence-corrected chi connectivity index (χ1v) is 11.8. The normalized spacial score (nSPS) is 13.5. The van der Waals surface area contributed by atoms with Gasteiger partial charge in [0.1, 0.15) is 5.00 Å². The molecule has 0 saturated heterocycles. The fourth-order valence-corrected chi connectivity index (χ4v) is 5.73. The highest BCUT2D eigenvalue weighted by atomic mass is 32.2. The van der Waals surface area contributed by atoms with E-state index in [1.54, 1.807) is 11.8 Å². The number of benzene rings is 2. The van der Waals surface area contributed by atoms with Gasteiger partial charge in [0.25, 0.3) is 5.91 Å². The molecule has 2 heterocycles. The summed E-state index contributed by atoms with van der Waals surface area (Å²) < 4.78 is 5.00. The predicted octanol–water partition coefficient (Wildman–Crippen LogP) is 5.07. The highest BCUT2D eigenvalue weighted by Gasteiger charge is 2.28.